The third kappa shape index (κ3) is 1.53. The molecule has 0 saturated heterocycles. The van der Waals surface area contributed by atoms with E-state index in [9.17, 15) is 5.11 Å². The first-order chi connectivity index (χ1) is 7.11. The van der Waals surface area contributed by atoms with E-state index in [1.807, 2.05) is 12.1 Å². The van der Waals surface area contributed by atoms with Crippen LogP contribution in [0.3, 0.4) is 0 Å². The summed E-state index contributed by atoms with van der Waals surface area (Å²) in [5.74, 6) is 1.56. The van der Waals surface area contributed by atoms with Crippen molar-refractivity contribution in [3.05, 3.63) is 29.8 Å². The lowest BCUT2D eigenvalue weighted by molar-refractivity contribution is 0.439. The van der Waals surface area contributed by atoms with Crippen molar-refractivity contribution in [3.63, 3.8) is 0 Å². The molecule has 2 nitrogen and oxygen atoms in total. The third-order valence-corrected chi connectivity index (χ3v) is 3.87. The van der Waals surface area contributed by atoms with Crippen LogP contribution < -0.4 is 5.73 Å². The van der Waals surface area contributed by atoms with Crippen molar-refractivity contribution >= 4 is 0 Å². The summed E-state index contributed by atoms with van der Waals surface area (Å²) in [6.07, 6.45) is 1.19. The minimum absolute atomic E-state index is 0.266. The van der Waals surface area contributed by atoms with Gasteiger partial charge in [-0.1, -0.05) is 26.0 Å². The highest BCUT2D eigenvalue weighted by Crippen LogP contribution is 2.58. The number of phenols is 1. The maximum absolute atomic E-state index is 9.28. The van der Waals surface area contributed by atoms with E-state index in [1.165, 1.54) is 12.0 Å². The Morgan fingerprint density at radius 3 is 2.40 bits per heavy atom. The zero-order chi connectivity index (χ0) is 11.1. The second-order valence-corrected chi connectivity index (χ2v) is 4.88. The summed E-state index contributed by atoms with van der Waals surface area (Å²) in [7, 11) is 0. The fourth-order valence-electron chi connectivity index (χ4n) is 2.81. The van der Waals surface area contributed by atoms with Gasteiger partial charge in [-0.15, -0.1) is 0 Å². The summed E-state index contributed by atoms with van der Waals surface area (Å²) in [6.45, 7) is 5.27. The van der Waals surface area contributed by atoms with Crippen LogP contribution in [0.15, 0.2) is 24.3 Å². The van der Waals surface area contributed by atoms with Gasteiger partial charge in [0.1, 0.15) is 5.75 Å². The predicted molar refractivity (Wildman–Crippen MR) is 61.8 cm³/mol. The van der Waals surface area contributed by atoms with E-state index in [2.05, 4.69) is 13.8 Å². The molecule has 1 aliphatic rings. The Bertz CT molecular complexity index is 344. The topological polar surface area (TPSA) is 46.2 Å². The maximum atomic E-state index is 9.28. The van der Waals surface area contributed by atoms with Crippen LogP contribution in [0, 0.1) is 11.8 Å². The van der Waals surface area contributed by atoms with E-state index in [0.29, 0.717) is 17.6 Å². The number of aromatic hydroxyl groups is 1. The molecular weight excluding hydrogens is 186 g/mol. The Balaban J connectivity index is 2.32. The fraction of sp³-hybridized carbons (Fsp3) is 0.538. The Morgan fingerprint density at radius 1 is 1.40 bits per heavy atom. The number of hydrogen-bond donors (Lipinski definition) is 2. The van der Waals surface area contributed by atoms with Crippen LogP contribution in [-0.4, -0.2) is 11.7 Å². The van der Waals surface area contributed by atoms with Crippen molar-refractivity contribution in [2.75, 3.05) is 6.54 Å². The summed E-state index contributed by atoms with van der Waals surface area (Å²) >= 11 is 0. The van der Waals surface area contributed by atoms with Crippen LogP contribution in [0.2, 0.25) is 0 Å². The van der Waals surface area contributed by atoms with Crippen LogP contribution in [0.5, 0.6) is 5.75 Å². The summed E-state index contributed by atoms with van der Waals surface area (Å²) < 4.78 is 0. The summed E-state index contributed by atoms with van der Waals surface area (Å²) in [5, 5.41) is 9.28. The smallest absolute Gasteiger partial charge is 0.115 e. The molecule has 2 atom stereocenters. The van der Waals surface area contributed by atoms with Gasteiger partial charge in [-0.25, -0.2) is 0 Å². The molecule has 0 bridgehead atoms. The molecule has 82 valence electrons. The van der Waals surface area contributed by atoms with E-state index in [0.717, 1.165) is 6.54 Å². The van der Waals surface area contributed by atoms with Crippen molar-refractivity contribution in [1.29, 1.82) is 0 Å². The largest absolute Gasteiger partial charge is 0.508 e. The van der Waals surface area contributed by atoms with Crippen molar-refractivity contribution in [3.8, 4) is 5.75 Å². The summed E-state index contributed by atoms with van der Waals surface area (Å²) in [5.41, 5.74) is 7.36. The molecule has 0 radical (unpaired) electrons. The SMILES string of the molecule is CC(C)C1(c2ccc(O)cc2)C[C@H]1CN. The van der Waals surface area contributed by atoms with Gasteiger partial charge in [-0.2, -0.15) is 0 Å². The maximum Gasteiger partial charge on any atom is 0.115 e. The quantitative estimate of drug-likeness (QED) is 0.795. The highest BCUT2D eigenvalue weighted by atomic mass is 16.3. The van der Waals surface area contributed by atoms with Gasteiger partial charge in [0.25, 0.3) is 0 Å². The molecule has 0 heterocycles. The van der Waals surface area contributed by atoms with Gasteiger partial charge >= 0.3 is 0 Å². The number of hydrogen-bond acceptors (Lipinski definition) is 2. The number of rotatable bonds is 3. The molecule has 1 unspecified atom stereocenters. The van der Waals surface area contributed by atoms with Crippen molar-refractivity contribution in [1.82, 2.24) is 0 Å². The Hall–Kier alpha value is -1.02. The molecule has 1 fully saturated rings. The van der Waals surface area contributed by atoms with Crippen LogP contribution in [0.25, 0.3) is 0 Å². The first-order valence-electron chi connectivity index (χ1n) is 5.61. The van der Waals surface area contributed by atoms with Gasteiger partial charge in [0.05, 0.1) is 0 Å². The molecule has 0 amide bonds. The lowest BCUT2D eigenvalue weighted by atomic mass is 9.83. The zero-order valence-corrected chi connectivity index (χ0v) is 9.40. The molecular formula is C13H19NO. The van der Waals surface area contributed by atoms with E-state index in [1.54, 1.807) is 12.1 Å². The molecule has 1 saturated carbocycles. The lowest BCUT2D eigenvalue weighted by Crippen LogP contribution is -2.21. The molecule has 1 aromatic carbocycles. The molecule has 0 aromatic heterocycles. The summed E-state index contributed by atoms with van der Waals surface area (Å²) in [4.78, 5) is 0. The second-order valence-electron chi connectivity index (χ2n) is 4.88. The predicted octanol–water partition coefficient (Wildman–Crippen LogP) is 2.26. The monoisotopic (exact) mass is 205 g/mol. The van der Waals surface area contributed by atoms with Crippen molar-refractivity contribution < 1.29 is 5.11 Å². The minimum atomic E-state index is 0.266. The van der Waals surface area contributed by atoms with Crippen LogP contribution >= 0.6 is 0 Å². The van der Waals surface area contributed by atoms with Gasteiger partial charge < -0.3 is 10.8 Å². The van der Waals surface area contributed by atoms with Gasteiger partial charge in [-0.3, -0.25) is 0 Å². The average molecular weight is 205 g/mol. The molecule has 15 heavy (non-hydrogen) atoms. The van der Waals surface area contributed by atoms with E-state index in [-0.39, 0.29) is 5.41 Å². The first-order valence-corrected chi connectivity index (χ1v) is 5.61. The molecule has 1 aromatic rings. The van der Waals surface area contributed by atoms with Crippen LogP contribution in [0.1, 0.15) is 25.8 Å². The molecule has 2 rings (SSSR count). The van der Waals surface area contributed by atoms with Crippen molar-refractivity contribution in [2.24, 2.45) is 17.6 Å². The van der Waals surface area contributed by atoms with Crippen LogP contribution in [-0.2, 0) is 5.41 Å². The van der Waals surface area contributed by atoms with Gasteiger partial charge in [0.2, 0.25) is 0 Å². The first kappa shape index (κ1) is 10.5. The number of phenolic OH excluding ortho intramolecular Hbond substituents is 1. The minimum Gasteiger partial charge on any atom is -0.508 e. The Morgan fingerprint density at radius 2 is 2.00 bits per heavy atom. The lowest BCUT2D eigenvalue weighted by Gasteiger charge is -2.22. The molecule has 3 N–H and O–H groups in total. The van der Waals surface area contributed by atoms with E-state index in [4.69, 9.17) is 5.73 Å². The highest BCUT2D eigenvalue weighted by Gasteiger charge is 2.55. The van der Waals surface area contributed by atoms with Crippen molar-refractivity contribution in [2.45, 2.75) is 25.7 Å². The third-order valence-electron chi connectivity index (χ3n) is 3.87. The van der Waals surface area contributed by atoms with Crippen LogP contribution in [0.4, 0.5) is 0 Å². The fourth-order valence-corrected chi connectivity index (χ4v) is 2.81. The normalized spacial score (nSPS) is 29.5. The standard InChI is InChI=1S/C13H19NO/c1-9(2)13(7-11(13)8-14)10-3-5-12(15)6-4-10/h3-6,9,11,15H,7-8,14H2,1-2H3/t11-,13?/m0/s1. The number of benzene rings is 1. The summed E-state index contributed by atoms with van der Waals surface area (Å²) in [6, 6.07) is 7.60. The van der Waals surface area contributed by atoms with Gasteiger partial charge in [0, 0.05) is 5.41 Å². The highest BCUT2D eigenvalue weighted by molar-refractivity contribution is 5.38. The Labute approximate surface area is 91.1 Å². The van der Waals surface area contributed by atoms with Gasteiger partial charge in [0.15, 0.2) is 0 Å². The van der Waals surface area contributed by atoms with E-state index < -0.39 is 0 Å². The average Bonchev–Trinajstić information content (AvgIpc) is 2.94. The Kier molecular flexibility index (Phi) is 2.47. The molecule has 0 aliphatic heterocycles. The number of nitrogens with two attached hydrogens (primary N) is 1. The molecule has 0 spiro atoms. The second kappa shape index (κ2) is 3.53. The van der Waals surface area contributed by atoms with E-state index >= 15 is 0 Å². The molecule has 1 aliphatic carbocycles. The molecule has 2 heteroatoms. The zero-order valence-electron chi connectivity index (χ0n) is 9.40. The van der Waals surface area contributed by atoms with Gasteiger partial charge in [-0.05, 0) is 42.5 Å².